The van der Waals surface area contributed by atoms with Gasteiger partial charge in [-0.2, -0.15) is 0 Å². The lowest BCUT2D eigenvalue weighted by atomic mass is 10.1. The second-order valence-corrected chi connectivity index (χ2v) is 14.4. The highest BCUT2D eigenvalue weighted by Gasteiger charge is 2.14. The van der Waals surface area contributed by atoms with E-state index in [0.29, 0.717) is 0 Å². The number of benzene rings is 1. The van der Waals surface area contributed by atoms with Gasteiger partial charge in [0.25, 0.3) is 0 Å². The van der Waals surface area contributed by atoms with E-state index in [9.17, 15) is 0 Å². The van der Waals surface area contributed by atoms with Gasteiger partial charge in [-0.25, -0.2) is 0 Å². The molecule has 180 valence electrons. The van der Waals surface area contributed by atoms with Crippen molar-refractivity contribution in [3.8, 4) is 16.2 Å². The molecule has 1 atom stereocenters. The van der Waals surface area contributed by atoms with E-state index in [-0.39, 0.29) is 0 Å². The van der Waals surface area contributed by atoms with Crippen LogP contribution in [0.1, 0.15) is 95.8 Å². The zero-order chi connectivity index (χ0) is 23.0. The monoisotopic (exact) mass is 472 g/mol. The molecule has 32 heavy (non-hydrogen) atoms. The third-order valence-electron chi connectivity index (χ3n) is 6.71. The van der Waals surface area contributed by atoms with Crippen molar-refractivity contribution in [2.75, 3.05) is 6.61 Å². The zero-order valence-corrected chi connectivity index (χ0v) is 23.3. The van der Waals surface area contributed by atoms with Crippen LogP contribution in [-0.4, -0.2) is 15.4 Å². The topological polar surface area (TPSA) is 9.23 Å². The summed E-state index contributed by atoms with van der Waals surface area (Å²) in [7, 11) is -0.588. The second-order valence-electron chi connectivity index (χ2n) is 9.80. The third kappa shape index (κ3) is 10.7. The quantitative estimate of drug-likeness (QED) is 0.155. The number of aryl methyl sites for hydroxylation is 1. The van der Waals surface area contributed by atoms with Gasteiger partial charge in [-0.05, 0) is 66.8 Å². The van der Waals surface area contributed by atoms with Gasteiger partial charge in [0.15, 0.2) is 0 Å². The molecule has 0 fully saturated rings. The van der Waals surface area contributed by atoms with E-state index < -0.39 is 8.80 Å². The van der Waals surface area contributed by atoms with Crippen LogP contribution in [0.5, 0.6) is 5.75 Å². The van der Waals surface area contributed by atoms with E-state index >= 15 is 0 Å². The number of hydrogen-bond acceptors (Lipinski definition) is 2. The first-order valence-corrected chi connectivity index (χ1v) is 17.2. The molecule has 2 aromatic rings. The highest BCUT2D eigenvalue weighted by molar-refractivity contribution is 7.15. The van der Waals surface area contributed by atoms with Crippen LogP contribution in [0.3, 0.4) is 0 Å². The van der Waals surface area contributed by atoms with Crippen molar-refractivity contribution in [1.82, 2.24) is 0 Å². The van der Waals surface area contributed by atoms with Crippen molar-refractivity contribution in [2.45, 2.75) is 116 Å². The Hall–Kier alpha value is -1.06. The molecule has 1 heterocycles. The Morgan fingerprint density at radius 1 is 0.750 bits per heavy atom. The Kier molecular flexibility index (Phi) is 14.0. The predicted octanol–water partition coefficient (Wildman–Crippen LogP) is 9.91. The van der Waals surface area contributed by atoms with E-state index in [4.69, 9.17) is 4.74 Å². The minimum Gasteiger partial charge on any atom is -0.494 e. The number of hydrogen-bond donors (Lipinski definition) is 0. The lowest BCUT2D eigenvalue weighted by molar-refractivity contribution is 0.304. The number of ether oxygens (including phenoxy) is 1. The summed E-state index contributed by atoms with van der Waals surface area (Å²) in [6.07, 6.45) is 17.7. The van der Waals surface area contributed by atoms with E-state index in [1.165, 1.54) is 98.8 Å². The molecule has 3 heteroatoms. The van der Waals surface area contributed by atoms with Crippen LogP contribution in [0.25, 0.3) is 10.4 Å². The highest BCUT2D eigenvalue weighted by atomic mass is 32.1. The number of rotatable bonds is 18. The summed E-state index contributed by atoms with van der Waals surface area (Å²) in [6.45, 7) is 10.4. The summed E-state index contributed by atoms with van der Waals surface area (Å²) in [4.78, 5) is 2.92. The SMILES string of the molecule is CCCCCCCCCCc1ccc(-c2ccc(OCCC(CCCC)[SiH](C)C)cc2)s1. The maximum Gasteiger partial charge on any atom is 0.119 e. The lowest BCUT2D eigenvalue weighted by Crippen LogP contribution is -2.15. The van der Waals surface area contributed by atoms with Crippen LogP contribution in [0.2, 0.25) is 18.6 Å². The molecular formula is C29H48OSSi. The molecule has 0 aliphatic rings. The predicted molar refractivity (Wildman–Crippen MR) is 148 cm³/mol. The van der Waals surface area contributed by atoms with Gasteiger partial charge in [0, 0.05) is 18.6 Å². The molecule has 0 radical (unpaired) electrons. The van der Waals surface area contributed by atoms with Gasteiger partial charge >= 0.3 is 0 Å². The van der Waals surface area contributed by atoms with E-state index in [1.807, 2.05) is 11.3 Å². The van der Waals surface area contributed by atoms with Crippen molar-refractivity contribution in [3.63, 3.8) is 0 Å². The van der Waals surface area contributed by atoms with E-state index in [1.54, 1.807) is 0 Å². The largest absolute Gasteiger partial charge is 0.494 e. The van der Waals surface area contributed by atoms with Crippen molar-refractivity contribution in [1.29, 1.82) is 0 Å². The standard InChI is InChI=1S/C29H48OSSi/c1-5-7-9-10-11-12-13-14-15-27-21-22-29(31-27)25-17-19-26(20-18-25)30-24-23-28(32(3)4)16-8-6-2/h17-22,28,32H,5-16,23-24H2,1-4H3. The fourth-order valence-electron chi connectivity index (χ4n) is 4.42. The van der Waals surface area contributed by atoms with Crippen LogP contribution < -0.4 is 4.74 Å². The van der Waals surface area contributed by atoms with Crippen molar-refractivity contribution in [3.05, 3.63) is 41.3 Å². The number of unbranched alkanes of at least 4 members (excludes halogenated alkanes) is 8. The minimum absolute atomic E-state index is 0.588. The molecule has 0 bridgehead atoms. The summed E-state index contributed by atoms with van der Waals surface area (Å²) in [5.74, 6) is 1.02. The lowest BCUT2D eigenvalue weighted by Gasteiger charge is -2.19. The summed E-state index contributed by atoms with van der Waals surface area (Å²) < 4.78 is 6.10. The number of thiophene rings is 1. The average molecular weight is 473 g/mol. The summed E-state index contributed by atoms with van der Waals surface area (Å²) in [5, 5.41) is 0. The molecule has 1 nitrogen and oxygen atoms in total. The Balaban J connectivity index is 1.70. The summed E-state index contributed by atoms with van der Waals surface area (Å²) in [5.41, 5.74) is 2.24. The van der Waals surface area contributed by atoms with Crippen molar-refractivity contribution in [2.24, 2.45) is 0 Å². The van der Waals surface area contributed by atoms with Gasteiger partial charge in [-0.1, -0.05) is 91.1 Å². The van der Waals surface area contributed by atoms with Crippen LogP contribution in [0.15, 0.2) is 36.4 Å². The molecule has 0 amide bonds. The molecule has 0 aliphatic carbocycles. The first kappa shape index (κ1) is 27.2. The van der Waals surface area contributed by atoms with E-state index in [0.717, 1.165) is 17.9 Å². The molecule has 2 rings (SSSR count). The van der Waals surface area contributed by atoms with Gasteiger partial charge in [-0.15, -0.1) is 11.3 Å². The Morgan fingerprint density at radius 2 is 1.41 bits per heavy atom. The molecule has 1 aromatic heterocycles. The molecule has 1 aromatic carbocycles. The maximum absolute atomic E-state index is 6.10. The molecule has 0 N–H and O–H groups in total. The van der Waals surface area contributed by atoms with Gasteiger partial charge in [0.05, 0.1) is 6.61 Å². The van der Waals surface area contributed by atoms with Gasteiger partial charge in [-0.3, -0.25) is 0 Å². The van der Waals surface area contributed by atoms with Crippen LogP contribution in [0.4, 0.5) is 0 Å². The van der Waals surface area contributed by atoms with Crippen LogP contribution in [0, 0.1) is 0 Å². The highest BCUT2D eigenvalue weighted by Crippen LogP contribution is 2.31. The fraction of sp³-hybridized carbons (Fsp3) is 0.655. The van der Waals surface area contributed by atoms with Crippen molar-refractivity contribution >= 4 is 20.1 Å². The fourth-order valence-corrected chi connectivity index (χ4v) is 7.18. The molecule has 0 aliphatic heterocycles. The summed E-state index contributed by atoms with van der Waals surface area (Å²) >= 11 is 1.96. The molecular weight excluding hydrogens is 424 g/mol. The zero-order valence-electron chi connectivity index (χ0n) is 21.3. The first-order chi connectivity index (χ1) is 15.6. The maximum atomic E-state index is 6.10. The van der Waals surface area contributed by atoms with Crippen LogP contribution >= 0.6 is 11.3 Å². The molecule has 0 spiro atoms. The van der Waals surface area contributed by atoms with Gasteiger partial charge < -0.3 is 4.74 Å². The van der Waals surface area contributed by atoms with Crippen molar-refractivity contribution < 1.29 is 4.74 Å². The first-order valence-electron chi connectivity index (χ1n) is 13.5. The Morgan fingerprint density at radius 3 is 2.06 bits per heavy atom. The van der Waals surface area contributed by atoms with E-state index in [2.05, 4.69) is 63.3 Å². The Bertz CT molecular complexity index is 706. The minimum atomic E-state index is -0.588. The molecule has 1 unspecified atom stereocenters. The third-order valence-corrected chi connectivity index (χ3v) is 10.5. The average Bonchev–Trinajstić information content (AvgIpc) is 3.27. The smallest absolute Gasteiger partial charge is 0.119 e. The second kappa shape index (κ2) is 16.5. The van der Waals surface area contributed by atoms with Gasteiger partial charge in [0.1, 0.15) is 5.75 Å². The summed E-state index contributed by atoms with van der Waals surface area (Å²) in [6, 6.07) is 13.4. The normalized spacial score (nSPS) is 12.4. The molecule has 0 saturated carbocycles. The van der Waals surface area contributed by atoms with Crippen LogP contribution in [-0.2, 0) is 6.42 Å². The molecule has 0 saturated heterocycles. The van der Waals surface area contributed by atoms with Gasteiger partial charge in [0.2, 0.25) is 0 Å². The Labute approximate surface area is 204 Å².